The lowest BCUT2D eigenvalue weighted by Gasteiger charge is -2.20. The van der Waals surface area contributed by atoms with Crippen molar-refractivity contribution in [3.63, 3.8) is 0 Å². The molecule has 1 atom stereocenters. The molecule has 0 aromatic heterocycles. The fourth-order valence-corrected chi connectivity index (χ4v) is 0.695. The van der Waals surface area contributed by atoms with Gasteiger partial charge in [-0.05, 0) is 6.92 Å². The molecule has 0 aromatic rings. The van der Waals surface area contributed by atoms with Crippen LogP contribution in [0.1, 0.15) is 27.7 Å². The molecule has 0 aromatic carbocycles. The fourth-order valence-electron chi connectivity index (χ4n) is 0.695. The molecule has 0 radical (unpaired) electrons. The first-order valence-electron chi connectivity index (χ1n) is 4.31. The average molecular weight is 186 g/mol. The number of rotatable bonds is 2. The summed E-state index contributed by atoms with van der Waals surface area (Å²) in [5.41, 5.74) is -0.456. The van der Waals surface area contributed by atoms with Gasteiger partial charge in [0.2, 0.25) is 11.8 Å². The zero-order valence-electron chi connectivity index (χ0n) is 8.89. The zero-order chi connectivity index (χ0) is 10.6. The van der Waals surface area contributed by atoms with Crippen LogP contribution in [0.5, 0.6) is 0 Å². The van der Waals surface area contributed by atoms with Gasteiger partial charge >= 0.3 is 0 Å². The lowest BCUT2D eigenvalue weighted by molar-refractivity contribution is -0.133. The van der Waals surface area contributed by atoms with Crippen molar-refractivity contribution < 1.29 is 9.59 Å². The summed E-state index contributed by atoms with van der Waals surface area (Å²) in [6.45, 7) is 7.07. The smallest absolute Gasteiger partial charge is 0.242 e. The van der Waals surface area contributed by atoms with Crippen molar-refractivity contribution in [1.82, 2.24) is 10.6 Å². The van der Waals surface area contributed by atoms with E-state index in [1.165, 1.54) is 0 Å². The molecule has 2 amide bonds. The van der Waals surface area contributed by atoms with Crippen LogP contribution in [0.15, 0.2) is 0 Å². The third-order valence-electron chi connectivity index (χ3n) is 1.67. The maximum Gasteiger partial charge on any atom is 0.242 e. The Balaban J connectivity index is 4.15. The van der Waals surface area contributed by atoms with Crippen molar-refractivity contribution in [2.75, 3.05) is 7.05 Å². The van der Waals surface area contributed by atoms with E-state index in [1.807, 2.05) is 0 Å². The minimum Gasteiger partial charge on any atom is -0.357 e. The molecule has 0 aliphatic heterocycles. The SMILES string of the molecule is CNC(=O)C(C)NC(=O)C(C)(C)C. The van der Waals surface area contributed by atoms with E-state index in [4.69, 9.17) is 0 Å². The minimum absolute atomic E-state index is 0.122. The second-order valence-corrected chi connectivity index (χ2v) is 4.06. The molecule has 0 spiro atoms. The minimum atomic E-state index is -0.475. The van der Waals surface area contributed by atoms with E-state index in [-0.39, 0.29) is 11.8 Å². The Morgan fingerprint density at radius 2 is 1.69 bits per heavy atom. The van der Waals surface area contributed by atoms with Crippen molar-refractivity contribution in [2.45, 2.75) is 33.7 Å². The molecule has 13 heavy (non-hydrogen) atoms. The molecule has 0 fully saturated rings. The molecule has 1 unspecified atom stereocenters. The number of carbonyl (C=O) groups is 2. The molecule has 4 nitrogen and oxygen atoms in total. The standard InChI is InChI=1S/C9H18N2O2/c1-6(7(12)10-5)11-8(13)9(2,3)4/h6H,1-5H3,(H,10,12)(H,11,13). The van der Waals surface area contributed by atoms with Gasteiger partial charge in [0.05, 0.1) is 0 Å². The van der Waals surface area contributed by atoms with Gasteiger partial charge in [0.25, 0.3) is 0 Å². The van der Waals surface area contributed by atoms with Crippen LogP contribution in [0.2, 0.25) is 0 Å². The predicted molar refractivity (Wildman–Crippen MR) is 51.1 cm³/mol. The van der Waals surface area contributed by atoms with Crippen LogP contribution in [0.4, 0.5) is 0 Å². The second kappa shape index (κ2) is 4.25. The summed E-state index contributed by atoms with van der Waals surface area (Å²) in [6, 6.07) is -0.475. The van der Waals surface area contributed by atoms with Gasteiger partial charge < -0.3 is 10.6 Å². The highest BCUT2D eigenvalue weighted by Gasteiger charge is 2.24. The summed E-state index contributed by atoms with van der Waals surface area (Å²) in [5, 5.41) is 5.09. The lowest BCUT2D eigenvalue weighted by atomic mass is 9.95. The van der Waals surface area contributed by atoms with Crippen LogP contribution in [0.3, 0.4) is 0 Å². The summed E-state index contributed by atoms with van der Waals surface area (Å²) in [7, 11) is 1.54. The van der Waals surface area contributed by atoms with Crippen LogP contribution in [0.25, 0.3) is 0 Å². The topological polar surface area (TPSA) is 58.2 Å². The number of hydrogen-bond acceptors (Lipinski definition) is 2. The van der Waals surface area contributed by atoms with Crippen molar-refractivity contribution in [1.29, 1.82) is 0 Å². The van der Waals surface area contributed by atoms with Crippen molar-refractivity contribution in [3.8, 4) is 0 Å². The Labute approximate surface area is 79.1 Å². The van der Waals surface area contributed by atoms with E-state index in [1.54, 1.807) is 34.7 Å². The van der Waals surface area contributed by atoms with Crippen molar-refractivity contribution >= 4 is 11.8 Å². The largest absolute Gasteiger partial charge is 0.357 e. The van der Waals surface area contributed by atoms with E-state index >= 15 is 0 Å². The van der Waals surface area contributed by atoms with E-state index in [0.29, 0.717) is 0 Å². The first-order chi connectivity index (χ1) is 5.79. The summed E-state index contributed by atoms with van der Waals surface area (Å²) >= 11 is 0. The van der Waals surface area contributed by atoms with E-state index in [0.717, 1.165) is 0 Å². The first-order valence-corrected chi connectivity index (χ1v) is 4.31. The van der Waals surface area contributed by atoms with Gasteiger partial charge in [0.1, 0.15) is 6.04 Å². The van der Waals surface area contributed by atoms with Crippen LogP contribution in [0, 0.1) is 5.41 Å². The Morgan fingerprint density at radius 1 is 1.23 bits per heavy atom. The van der Waals surface area contributed by atoms with Crippen LogP contribution >= 0.6 is 0 Å². The van der Waals surface area contributed by atoms with Crippen LogP contribution in [-0.4, -0.2) is 24.9 Å². The molecule has 0 aliphatic rings. The van der Waals surface area contributed by atoms with Gasteiger partial charge in [-0.25, -0.2) is 0 Å². The van der Waals surface area contributed by atoms with E-state index in [9.17, 15) is 9.59 Å². The Morgan fingerprint density at radius 3 is 2.00 bits per heavy atom. The molecule has 2 N–H and O–H groups in total. The first kappa shape index (κ1) is 11.9. The highest BCUT2D eigenvalue weighted by Crippen LogP contribution is 2.12. The van der Waals surface area contributed by atoms with Gasteiger partial charge in [-0.2, -0.15) is 0 Å². The van der Waals surface area contributed by atoms with E-state index in [2.05, 4.69) is 10.6 Å². The Kier molecular flexibility index (Phi) is 3.91. The number of likely N-dealkylation sites (N-methyl/N-ethyl adjacent to an activating group) is 1. The Hall–Kier alpha value is -1.06. The maximum atomic E-state index is 11.4. The summed E-state index contributed by atoms with van der Waals surface area (Å²) < 4.78 is 0. The normalized spacial score (nSPS) is 13.3. The summed E-state index contributed by atoms with van der Waals surface area (Å²) in [6.07, 6.45) is 0. The highest BCUT2D eigenvalue weighted by molar-refractivity contribution is 5.89. The maximum absolute atomic E-state index is 11.4. The molecular formula is C9H18N2O2. The van der Waals surface area contributed by atoms with Gasteiger partial charge in [-0.15, -0.1) is 0 Å². The molecule has 0 saturated heterocycles. The fraction of sp³-hybridized carbons (Fsp3) is 0.778. The molecular weight excluding hydrogens is 168 g/mol. The zero-order valence-corrected chi connectivity index (χ0v) is 8.89. The van der Waals surface area contributed by atoms with Crippen LogP contribution in [-0.2, 0) is 9.59 Å². The number of amides is 2. The van der Waals surface area contributed by atoms with Crippen molar-refractivity contribution in [2.24, 2.45) is 5.41 Å². The number of nitrogens with one attached hydrogen (secondary N) is 2. The lowest BCUT2D eigenvalue weighted by Crippen LogP contribution is -2.47. The molecule has 0 saturated carbocycles. The van der Waals surface area contributed by atoms with Gasteiger partial charge in [-0.1, -0.05) is 20.8 Å². The third kappa shape index (κ3) is 3.92. The van der Waals surface area contributed by atoms with Crippen LogP contribution < -0.4 is 10.6 Å². The molecule has 4 heteroatoms. The number of carbonyl (C=O) groups excluding carboxylic acids is 2. The number of hydrogen-bond donors (Lipinski definition) is 2. The average Bonchev–Trinajstić information content (AvgIpc) is 2.01. The third-order valence-corrected chi connectivity index (χ3v) is 1.67. The second-order valence-electron chi connectivity index (χ2n) is 4.06. The molecule has 0 aliphatic carbocycles. The van der Waals surface area contributed by atoms with Gasteiger partial charge in [0.15, 0.2) is 0 Å². The summed E-state index contributed by atoms with van der Waals surface area (Å²) in [4.78, 5) is 22.5. The quantitative estimate of drug-likeness (QED) is 0.651. The van der Waals surface area contributed by atoms with Crippen molar-refractivity contribution in [3.05, 3.63) is 0 Å². The monoisotopic (exact) mass is 186 g/mol. The Bertz CT molecular complexity index is 206. The molecule has 0 heterocycles. The molecule has 0 bridgehead atoms. The predicted octanol–water partition coefficient (Wildman–Crippen LogP) is 0.283. The van der Waals surface area contributed by atoms with Gasteiger partial charge in [0, 0.05) is 12.5 Å². The molecule has 76 valence electrons. The summed E-state index contributed by atoms with van der Waals surface area (Å²) in [5.74, 6) is -0.304. The molecule has 0 rings (SSSR count). The highest BCUT2D eigenvalue weighted by atomic mass is 16.2. The van der Waals surface area contributed by atoms with E-state index < -0.39 is 11.5 Å². The van der Waals surface area contributed by atoms with Gasteiger partial charge in [-0.3, -0.25) is 9.59 Å².